The number of fused-ring (bicyclic) bond motifs is 6. The number of rotatable bonds is 4. The molecule has 1 N–H and O–H groups in total. The van der Waals surface area contributed by atoms with E-state index in [0.717, 1.165) is 32.2 Å². The van der Waals surface area contributed by atoms with Gasteiger partial charge in [-0.1, -0.05) is 50.9 Å². The molecule has 0 saturated carbocycles. The first-order chi connectivity index (χ1) is 22.8. The lowest BCUT2D eigenvalue weighted by Crippen LogP contribution is -2.41. The number of hydrogen-bond acceptors (Lipinski definition) is 6. The Hall–Kier alpha value is -3.99. The van der Waals surface area contributed by atoms with E-state index in [1.54, 1.807) is 28.1 Å². The minimum absolute atomic E-state index is 0.0714. The van der Waals surface area contributed by atoms with E-state index in [2.05, 4.69) is 46.8 Å². The molecule has 0 unspecified atom stereocenters. The van der Waals surface area contributed by atoms with E-state index in [9.17, 15) is 19.5 Å². The van der Waals surface area contributed by atoms with E-state index >= 15 is 0 Å². The Balaban J connectivity index is 0.000000152. The lowest BCUT2D eigenvalue weighted by molar-refractivity contribution is 0.0955. The minimum Gasteiger partial charge on any atom is -0.391 e. The SMILES string of the molecule is CC1(C)Cc2cc3n(c2C1)CCN(c1nccc(Cl)c1C=O)C3=O.CC1(C)Cc2cc3n(c2C1)CCN(c1nccc(Cl)c1CO)C3=O. The maximum Gasteiger partial charge on any atom is 0.276 e. The number of aliphatic hydroxyl groups excluding tert-OH is 1. The van der Waals surface area contributed by atoms with E-state index in [1.165, 1.54) is 28.7 Å². The Kier molecular flexibility index (Phi) is 8.04. The van der Waals surface area contributed by atoms with Crippen LogP contribution in [0, 0.1) is 10.8 Å². The Labute approximate surface area is 289 Å². The van der Waals surface area contributed by atoms with Crippen LogP contribution in [0.15, 0.2) is 36.7 Å². The second kappa shape index (κ2) is 11.9. The van der Waals surface area contributed by atoms with Gasteiger partial charge in [0.05, 0.1) is 22.2 Å². The van der Waals surface area contributed by atoms with Gasteiger partial charge in [0.25, 0.3) is 11.8 Å². The van der Waals surface area contributed by atoms with Crippen LogP contribution in [0.1, 0.15) is 87.1 Å². The highest BCUT2D eigenvalue weighted by Crippen LogP contribution is 2.41. The van der Waals surface area contributed by atoms with Crippen LogP contribution in [0.5, 0.6) is 0 Å². The molecule has 48 heavy (non-hydrogen) atoms. The van der Waals surface area contributed by atoms with Gasteiger partial charge in [-0.2, -0.15) is 0 Å². The van der Waals surface area contributed by atoms with Crippen molar-refractivity contribution in [3.63, 3.8) is 0 Å². The van der Waals surface area contributed by atoms with Crippen LogP contribution in [0.25, 0.3) is 0 Å². The highest BCUT2D eigenvalue weighted by molar-refractivity contribution is 6.33. The molecule has 0 aromatic carbocycles. The van der Waals surface area contributed by atoms with Crippen molar-refractivity contribution in [1.82, 2.24) is 19.1 Å². The first kappa shape index (κ1) is 32.6. The number of pyridine rings is 2. The molecule has 0 fully saturated rings. The van der Waals surface area contributed by atoms with Crippen molar-refractivity contribution in [2.75, 3.05) is 22.9 Å². The summed E-state index contributed by atoms with van der Waals surface area (Å²) in [6.07, 6.45) is 7.75. The van der Waals surface area contributed by atoms with E-state index in [-0.39, 0.29) is 34.8 Å². The lowest BCUT2D eigenvalue weighted by Gasteiger charge is -2.30. The number of anilines is 2. The molecule has 0 radical (unpaired) electrons. The summed E-state index contributed by atoms with van der Waals surface area (Å²) in [5.74, 6) is 0.614. The molecule has 0 bridgehead atoms. The average molecular weight is 690 g/mol. The van der Waals surface area contributed by atoms with Crippen LogP contribution in [-0.4, -0.2) is 55.4 Å². The van der Waals surface area contributed by atoms with Crippen molar-refractivity contribution in [2.24, 2.45) is 10.8 Å². The third kappa shape index (κ3) is 5.44. The van der Waals surface area contributed by atoms with Crippen molar-refractivity contribution < 1.29 is 19.5 Å². The summed E-state index contributed by atoms with van der Waals surface area (Å²) >= 11 is 12.2. The zero-order valence-corrected chi connectivity index (χ0v) is 29.0. The van der Waals surface area contributed by atoms with E-state index in [4.69, 9.17) is 23.2 Å². The van der Waals surface area contributed by atoms with Gasteiger partial charge in [-0.25, -0.2) is 9.97 Å². The zero-order valence-electron chi connectivity index (χ0n) is 27.5. The lowest BCUT2D eigenvalue weighted by atomic mass is 9.90. The topological polar surface area (TPSA) is 114 Å². The second-order valence-electron chi connectivity index (χ2n) is 14.7. The first-order valence-corrected chi connectivity index (χ1v) is 17.0. The van der Waals surface area contributed by atoms with Crippen LogP contribution in [0.2, 0.25) is 10.0 Å². The molecule has 10 nitrogen and oxygen atoms in total. The highest BCUT2D eigenvalue weighted by Gasteiger charge is 2.39. The number of aromatic nitrogens is 4. The molecule has 4 aliphatic rings. The number of aliphatic hydroxyl groups is 1. The fourth-order valence-electron chi connectivity index (χ4n) is 7.83. The summed E-state index contributed by atoms with van der Waals surface area (Å²) in [6, 6.07) is 7.22. The van der Waals surface area contributed by atoms with Crippen molar-refractivity contribution in [2.45, 2.75) is 73.1 Å². The molecular weight excluding hydrogens is 651 g/mol. The number of amides is 2. The highest BCUT2D eigenvalue weighted by atomic mass is 35.5. The predicted molar refractivity (Wildman–Crippen MR) is 184 cm³/mol. The minimum atomic E-state index is -0.239. The van der Waals surface area contributed by atoms with Gasteiger partial charge in [0.1, 0.15) is 23.0 Å². The molecule has 4 aromatic rings. The van der Waals surface area contributed by atoms with E-state index in [1.807, 2.05) is 12.1 Å². The first-order valence-electron chi connectivity index (χ1n) is 16.2. The van der Waals surface area contributed by atoms with Gasteiger partial charge >= 0.3 is 0 Å². The zero-order chi connectivity index (χ0) is 34.1. The van der Waals surface area contributed by atoms with Gasteiger partial charge in [0.15, 0.2) is 6.29 Å². The van der Waals surface area contributed by atoms with Gasteiger partial charge in [0.2, 0.25) is 0 Å². The summed E-state index contributed by atoms with van der Waals surface area (Å²) < 4.78 is 4.29. The molecular formula is C36H38Cl2N6O4. The third-order valence-corrected chi connectivity index (χ3v) is 10.6. The van der Waals surface area contributed by atoms with Crippen LogP contribution >= 0.6 is 23.2 Å². The number of halogens is 2. The monoisotopic (exact) mass is 688 g/mol. The second-order valence-corrected chi connectivity index (χ2v) is 15.5. The van der Waals surface area contributed by atoms with Crippen LogP contribution < -0.4 is 9.80 Å². The molecule has 2 aliphatic heterocycles. The molecule has 2 aliphatic carbocycles. The fourth-order valence-corrected chi connectivity index (χ4v) is 8.21. The molecule has 6 heterocycles. The maximum absolute atomic E-state index is 13.0. The Bertz CT molecular complexity index is 1990. The van der Waals surface area contributed by atoms with Crippen molar-refractivity contribution >= 4 is 52.9 Å². The smallest absolute Gasteiger partial charge is 0.276 e. The van der Waals surface area contributed by atoms with Crippen LogP contribution in [0.4, 0.5) is 11.6 Å². The van der Waals surface area contributed by atoms with Gasteiger partial charge in [-0.15, -0.1) is 0 Å². The summed E-state index contributed by atoms with van der Waals surface area (Å²) in [5, 5.41) is 10.3. The third-order valence-electron chi connectivity index (χ3n) is 9.93. The fraction of sp³-hybridized carbons (Fsp3) is 0.417. The van der Waals surface area contributed by atoms with E-state index < -0.39 is 0 Å². The predicted octanol–water partition coefficient (Wildman–Crippen LogP) is 5.95. The summed E-state index contributed by atoms with van der Waals surface area (Å²) in [4.78, 5) is 49.0. The maximum atomic E-state index is 13.0. The Morgan fingerprint density at radius 2 is 1.23 bits per heavy atom. The normalized spacial score (nSPS) is 18.6. The van der Waals surface area contributed by atoms with E-state index in [0.29, 0.717) is 64.6 Å². The molecule has 0 spiro atoms. The summed E-state index contributed by atoms with van der Waals surface area (Å²) in [5.41, 5.74) is 7.81. The number of hydrogen-bond donors (Lipinski definition) is 1. The van der Waals surface area contributed by atoms with Crippen LogP contribution in [-0.2, 0) is 45.4 Å². The molecule has 8 rings (SSSR count). The average Bonchev–Trinajstić information content (AvgIpc) is 3.73. The van der Waals surface area contributed by atoms with Crippen molar-refractivity contribution in [3.05, 3.63) is 91.7 Å². The van der Waals surface area contributed by atoms with Gasteiger partial charge < -0.3 is 14.2 Å². The quantitative estimate of drug-likeness (QED) is 0.265. The largest absolute Gasteiger partial charge is 0.391 e. The Morgan fingerprint density at radius 1 is 0.750 bits per heavy atom. The number of carbonyl (C=O) groups excluding carboxylic acids is 3. The van der Waals surface area contributed by atoms with Crippen molar-refractivity contribution in [1.29, 1.82) is 0 Å². The Morgan fingerprint density at radius 3 is 1.73 bits per heavy atom. The summed E-state index contributed by atoms with van der Waals surface area (Å²) in [7, 11) is 0. The molecule has 0 saturated heterocycles. The molecule has 0 atom stereocenters. The number of nitrogens with zero attached hydrogens (tertiary/aromatic N) is 6. The molecule has 4 aromatic heterocycles. The van der Waals surface area contributed by atoms with Gasteiger partial charge in [-0.3, -0.25) is 24.2 Å². The molecule has 12 heteroatoms. The van der Waals surface area contributed by atoms with Gasteiger partial charge in [0, 0.05) is 55.5 Å². The molecule has 2 amide bonds. The number of carbonyl (C=O) groups is 3. The van der Waals surface area contributed by atoms with Crippen molar-refractivity contribution in [3.8, 4) is 0 Å². The van der Waals surface area contributed by atoms with Gasteiger partial charge in [-0.05, 0) is 71.9 Å². The standard InChI is InChI=1S/C18H20ClN3O2.C18H18ClN3O2/c2*1-18(2)8-11-7-14-17(24)22(6-5-21(14)15(11)9-18)16-12(10-23)13(19)3-4-20-16/h3-4,7,23H,5-6,8-10H2,1-2H3;3-4,7,10H,5-6,8-9H2,1-2H3. The van der Waals surface area contributed by atoms with Crippen LogP contribution in [0.3, 0.4) is 0 Å². The molecule has 250 valence electrons. The number of aldehydes is 1. The summed E-state index contributed by atoms with van der Waals surface area (Å²) in [6.45, 7) is 11.3.